The van der Waals surface area contributed by atoms with Crippen LogP contribution in [0, 0.1) is 5.92 Å². The third kappa shape index (κ3) is 5.07. The van der Waals surface area contributed by atoms with E-state index >= 15 is 0 Å². The molecule has 35 heavy (non-hydrogen) atoms. The molecule has 0 aliphatic carbocycles. The average Bonchev–Trinajstić information content (AvgIpc) is 3.18. The Labute approximate surface area is 212 Å². The Bertz CT molecular complexity index is 1090. The molecule has 0 unspecified atom stereocenters. The number of carbonyl (C=O) groups excluding carboxylic acids is 1. The number of benzene rings is 1. The summed E-state index contributed by atoms with van der Waals surface area (Å²) >= 11 is 6.71. The van der Waals surface area contributed by atoms with Gasteiger partial charge in [0.15, 0.2) is 0 Å². The zero-order chi connectivity index (χ0) is 24.8. The minimum Gasteiger partial charge on any atom is -0.389 e. The zero-order valence-electron chi connectivity index (χ0n) is 20.8. The van der Waals surface area contributed by atoms with E-state index < -0.39 is 6.10 Å². The van der Waals surface area contributed by atoms with Gasteiger partial charge in [-0.25, -0.2) is 4.98 Å². The summed E-state index contributed by atoms with van der Waals surface area (Å²) in [6.45, 7) is 9.43. The highest BCUT2D eigenvalue weighted by Crippen LogP contribution is 2.38. The van der Waals surface area contributed by atoms with Gasteiger partial charge in [0.25, 0.3) is 0 Å². The van der Waals surface area contributed by atoms with Crippen LogP contribution in [-0.2, 0) is 14.3 Å². The SMILES string of the molecule is CC1(C)CC[C@H](C(=O)Nc2cc3cc(C4CCN([C@@]5(C)COC[C@H]5O)CC4)c(Cl)cc3cn2)CO1. The standard InChI is InChI=1S/C27H36ClN3O4/c1-26(2)7-4-18(14-35-26)25(33)30-24-12-19-10-21(22(28)11-20(19)13-29-24)17-5-8-31(9-6-17)27(3)16-34-15-23(27)32/h10-13,17-18,23,32H,4-9,14-16H2,1-3H3,(H,29,30,33)/t18-,23+,27-/m0/s1. The first-order chi connectivity index (χ1) is 16.6. The second-order valence-electron chi connectivity index (χ2n) is 11.2. The third-order valence-corrected chi connectivity index (χ3v) is 8.60. The lowest BCUT2D eigenvalue weighted by Crippen LogP contribution is -2.56. The molecule has 3 aliphatic heterocycles. The molecule has 5 rings (SSSR count). The zero-order valence-corrected chi connectivity index (χ0v) is 21.6. The highest BCUT2D eigenvalue weighted by molar-refractivity contribution is 6.32. The van der Waals surface area contributed by atoms with Gasteiger partial charge in [-0.15, -0.1) is 0 Å². The number of pyridine rings is 1. The van der Waals surface area contributed by atoms with E-state index in [4.69, 9.17) is 21.1 Å². The molecule has 1 aromatic heterocycles. The van der Waals surface area contributed by atoms with Crippen LogP contribution in [0.3, 0.4) is 0 Å². The van der Waals surface area contributed by atoms with Crippen molar-refractivity contribution in [2.45, 2.75) is 69.6 Å². The van der Waals surface area contributed by atoms with Gasteiger partial charge in [-0.2, -0.15) is 0 Å². The van der Waals surface area contributed by atoms with Gasteiger partial charge in [0.2, 0.25) is 5.91 Å². The largest absolute Gasteiger partial charge is 0.389 e. The summed E-state index contributed by atoms with van der Waals surface area (Å²) < 4.78 is 11.4. The van der Waals surface area contributed by atoms with Gasteiger partial charge >= 0.3 is 0 Å². The van der Waals surface area contributed by atoms with E-state index in [1.54, 1.807) is 6.20 Å². The maximum absolute atomic E-state index is 12.8. The predicted octanol–water partition coefficient (Wildman–Crippen LogP) is 4.36. The summed E-state index contributed by atoms with van der Waals surface area (Å²) in [5.41, 5.74) is 0.668. The number of piperidine rings is 1. The van der Waals surface area contributed by atoms with Crippen molar-refractivity contribution in [2.24, 2.45) is 5.92 Å². The molecule has 7 nitrogen and oxygen atoms in total. The minimum absolute atomic E-state index is 0.0412. The van der Waals surface area contributed by atoms with Crippen LogP contribution in [0.1, 0.15) is 57.9 Å². The quantitative estimate of drug-likeness (QED) is 0.647. The average molecular weight is 502 g/mol. The molecule has 190 valence electrons. The Hall–Kier alpha value is -1.77. The Morgan fingerprint density at radius 3 is 2.57 bits per heavy atom. The smallest absolute Gasteiger partial charge is 0.230 e. The number of likely N-dealkylation sites (tertiary alicyclic amines) is 1. The van der Waals surface area contributed by atoms with Gasteiger partial charge in [0.05, 0.1) is 43.0 Å². The number of aromatic nitrogens is 1. The van der Waals surface area contributed by atoms with Crippen LogP contribution in [0.2, 0.25) is 5.02 Å². The van der Waals surface area contributed by atoms with Gasteiger partial charge in [-0.3, -0.25) is 9.69 Å². The number of halogens is 1. The van der Waals surface area contributed by atoms with Gasteiger partial charge in [-0.05, 0) is 94.6 Å². The molecule has 4 heterocycles. The summed E-state index contributed by atoms with van der Waals surface area (Å²) in [6, 6.07) is 6.06. The molecule has 1 amide bonds. The van der Waals surface area contributed by atoms with E-state index in [2.05, 4.69) is 42.0 Å². The molecular formula is C27H36ClN3O4. The number of rotatable bonds is 4. The molecule has 3 atom stereocenters. The Kier molecular flexibility index (Phi) is 6.83. The molecule has 0 spiro atoms. The van der Waals surface area contributed by atoms with Gasteiger partial charge in [0, 0.05) is 16.6 Å². The summed E-state index contributed by atoms with van der Waals surface area (Å²) in [6.07, 6.45) is 4.94. The maximum Gasteiger partial charge on any atom is 0.230 e. The van der Waals surface area contributed by atoms with E-state index in [0.717, 1.165) is 60.1 Å². The fourth-order valence-electron chi connectivity index (χ4n) is 5.66. The van der Waals surface area contributed by atoms with E-state index in [1.807, 2.05) is 12.1 Å². The van der Waals surface area contributed by atoms with Crippen LogP contribution in [0.25, 0.3) is 10.8 Å². The van der Waals surface area contributed by atoms with Gasteiger partial charge in [0.1, 0.15) is 5.82 Å². The molecule has 8 heteroatoms. The fourth-order valence-corrected chi connectivity index (χ4v) is 5.99. The topological polar surface area (TPSA) is 83.9 Å². The van der Waals surface area contributed by atoms with E-state index in [9.17, 15) is 9.90 Å². The molecule has 3 fully saturated rings. The third-order valence-electron chi connectivity index (χ3n) is 8.27. The van der Waals surface area contributed by atoms with Crippen LogP contribution in [0.5, 0.6) is 0 Å². The number of nitrogens with zero attached hydrogens (tertiary/aromatic N) is 2. The molecule has 0 radical (unpaired) electrons. The van der Waals surface area contributed by atoms with Crippen molar-refractivity contribution < 1.29 is 19.4 Å². The van der Waals surface area contributed by atoms with Gasteiger partial charge < -0.3 is 19.9 Å². The molecule has 0 saturated carbocycles. The molecule has 1 aromatic carbocycles. The number of carbonyl (C=O) groups is 1. The first-order valence-corrected chi connectivity index (χ1v) is 13.1. The maximum atomic E-state index is 12.8. The molecule has 2 N–H and O–H groups in total. The van der Waals surface area contributed by atoms with Crippen LogP contribution in [0.15, 0.2) is 24.4 Å². The second-order valence-corrected chi connectivity index (χ2v) is 11.6. The second kappa shape index (κ2) is 9.60. The van der Waals surface area contributed by atoms with E-state index in [1.165, 1.54) is 0 Å². The van der Waals surface area contributed by atoms with Crippen molar-refractivity contribution in [3.63, 3.8) is 0 Å². The number of aliphatic hydroxyl groups excluding tert-OH is 1. The van der Waals surface area contributed by atoms with Crippen molar-refractivity contribution >= 4 is 34.1 Å². The number of anilines is 1. The number of aliphatic hydroxyl groups is 1. The lowest BCUT2D eigenvalue weighted by molar-refractivity contribution is -0.131. The number of fused-ring (bicyclic) bond motifs is 1. The van der Waals surface area contributed by atoms with Crippen LogP contribution < -0.4 is 5.32 Å². The molecule has 3 saturated heterocycles. The molecule has 2 aromatic rings. The molecule has 0 bridgehead atoms. The summed E-state index contributed by atoms with van der Waals surface area (Å²) in [5.74, 6) is 0.705. The fraction of sp³-hybridized carbons (Fsp3) is 0.630. The number of hydrogen-bond donors (Lipinski definition) is 2. The van der Waals surface area contributed by atoms with Crippen LogP contribution in [-0.4, -0.2) is 71.1 Å². The summed E-state index contributed by atoms with van der Waals surface area (Å²) in [5, 5.41) is 16.1. The number of amides is 1. The Morgan fingerprint density at radius 2 is 1.91 bits per heavy atom. The Morgan fingerprint density at radius 1 is 1.14 bits per heavy atom. The van der Waals surface area contributed by atoms with Crippen molar-refractivity contribution in [3.8, 4) is 0 Å². The lowest BCUT2D eigenvalue weighted by Gasteiger charge is -2.43. The summed E-state index contributed by atoms with van der Waals surface area (Å²) in [4.78, 5) is 19.6. The van der Waals surface area contributed by atoms with E-state index in [0.29, 0.717) is 31.6 Å². The van der Waals surface area contributed by atoms with Crippen LogP contribution in [0.4, 0.5) is 5.82 Å². The van der Waals surface area contributed by atoms with Crippen molar-refractivity contribution in [1.29, 1.82) is 0 Å². The number of ether oxygens (including phenoxy) is 2. The van der Waals surface area contributed by atoms with E-state index in [-0.39, 0.29) is 23.0 Å². The molecule has 3 aliphatic rings. The first-order valence-electron chi connectivity index (χ1n) is 12.7. The molecular weight excluding hydrogens is 466 g/mol. The minimum atomic E-state index is -0.448. The summed E-state index contributed by atoms with van der Waals surface area (Å²) in [7, 11) is 0. The first kappa shape index (κ1) is 24.9. The number of hydrogen-bond acceptors (Lipinski definition) is 6. The normalized spacial score (nSPS) is 30.0. The van der Waals surface area contributed by atoms with Crippen molar-refractivity contribution in [3.05, 3.63) is 35.0 Å². The monoisotopic (exact) mass is 501 g/mol. The highest BCUT2D eigenvalue weighted by Gasteiger charge is 2.45. The van der Waals surface area contributed by atoms with Crippen molar-refractivity contribution in [2.75, 3.05) is 38.2 Å². The van der Waals surface area contributed by atoms with Gasteiger partial charge in [-0.1, -0.05) is 11.6 Å². The lowest BCUT2D eigenvalue weighted by atomic mass is 9.85. The number of nitrogens with one attached hydrogen (secondary N) is 1. The van der Waals surface area contributed by atoms with Crippen molar-refractivity contribution in [1.82, 2.24) is 9.88 Å². The van der Waals surface area contributed by atoms with Crippen LogP contribution >= 0.6 is 11.6 Å². The highest BCUT2D eigenvalue weighted by atomic mass is 35.5. The predicted molar refractivity (Wildman–Crippen MR) is 137 cm³/mol. The Balaban J connectivity index is 1.28.